The summed E-state index contributed by atoms with van der Waals surface area (Å²) in [7, 11) is 0. The Bertz CT molecular complexity index is 523. The predicted molar refractivity (Wildman–Crippen MR) is 62.9 cm³/mol. The first-order valence-corrected chi connectivity index (χ1v) is 5.43. The lowest BCUT2D eigenvalue weighted by Crippen LogP contribution is -2.18. The van der Waals surface area contributed by atoms with Crippen LogP contribution in [0.1, 0.15) is 19.8 Å². The molecule has 6 nitrogen and oxygen atoms in total. The Morgan fingerprint density at radius 3 is 3.18 bits per heavy atom. The molecule has 1 unspecified atom stereocenters. The lowest BCUT2D eigenvalue weighted by Gasteiger charge is -2.13. The second-order valence-electron chi connectivity index (χ2n) is 3.91. The van der Waals surface area contributed by atoms with E-state index in [4.69, 9.17) is 5.11 Å². The van der Waals surface area contributed by atoms with Crippen LogP contribution in [0.5, 0.6) is 0 Å². The number of carboxylic acid groups (broad SMARTS) is 1. The molecular weight excluding hydrogens is 220 g/mol. The molecule has 2 aromatic rings. The molecule has 0 aliphatic carbocycles. The Labute approximate surface area is 98.3 Å². The smallest absolute Gasteiger partial charge is 0.303 e. The van der Waals surface area contributed by atoms with Crippen molar-refractivity contribution in [2.45, 2.75) is 25.8 Å². The van der Waals surface area contributed by atoms with Crippen molar-refractivity contribution in [3.8, 4) is 0 Å². The summed E-state index contributed by atoms with van der Waals surface area (Å²) in [6.45, 7) is 1.94. The van der Waals surface area contributed by atoms with Crippen LogP contribution in [0.25, 0.3) is 5.52 Å². The van der Waals surface area contributed by atoms with Crippen LogP contribution in [-0.4, -0.2) is 31.7 Å². The van der Waals surface area contributed by atoms with E-state index in [2.05, 4.69) is 15.4 Å². The monoisotopic (exact) mass is 234 g/mol. The fraction of sp³-hybridized carbons (Fsp3) is 0.364. The van der Waals surface area contributed by atoms with E-state index in [0.29, 0.717) is 6.42 Å². The average molecular weight is 234 g/mol. The number of aliphatic carboxylic acids is 1. The topological polar surface area (TPSA) is 79.5 Å². The maximum Gasteiger partial charge on any atom is 0.303 e. The number of fused-ring (bicyclic) bond motifs is 1. The highest BCUT2D eigenvalue weighted by Gasteiger charge is 2.08. The molecule has 0 aliphatic heterocycles. The Balaban J connectivity index is 2.07. The Morgan fingerprint density at radius 1 is 1.59 bits per heavy atom. The number of anilines is 1. The molecule has 0 amide bonds. The SMILES string of the molecule is CC(CCC(=O)O)Nc1nccn2nccc12. The standard InChI is InChI=1S/C11H14N4O2/c1-8(2-3-10(16)17)14-11-9-4-5-13-15(9)7-6-12-11/h4-8H,2-3H2,1H3,(H,12,14)(H,16,17). The number of carbonyl (C=O) groups is 1. The van der Waals surface area contributed by atoms with E-state index < -0.39 is 5.97 Å². The number of rotatable bonds is 5. The first-order chi connectivity index (χ1) is 8.16. The summed E-state index contributed by atoms with van der Waals surface area (Å²) in [6.07, 6.45) is 5.83. The van der Waals surface area contributed by atoms with Gasteiger partial charge in [0.05, 0.1) is 6.20 Å². The third-order valence-corrected chi connectivity index (χ3v) is 2.50. The van der Waals surface area contributed by atoms with Crippen LogP contribution < -0.4 is 5.32 Å². The summed E-state index contributed by atoms with van der Waals surface area (Å²) >= 11 is 0. The van der Waals surface area contributed by atoms with Gasteiger partial charge in [0.25, 0.3) is 0 Å². The Hall–Kier alpha value is -2.11. The number of hydrogen-bond acceptors (Lipinski definition) is 4. The average Bonchev–Trinajstić information content (AvgIpc) is 2.75. The maximum atomic E-state index is 10.5. The van der Waals surface area contributed by atoms with Crippen molar-refractivity contribution in [2.24, 2.45) is 0 Å². The van der Waals surface area contributed by atoms with Gasteiger partial charge in [0.1, 0.15) is 5.52 Å². The van der Waals surface area contributed by atoms with E-state index in [1.54, 1.807) is 23.1 Å². The van der Waals surface area contributed by atoms with E-state index in [-0.39, 0.29) is 12.5 Å². The Kier molecular flexibility index (Phi) is 3.22. The first-order valence-electron chi connectivity index (χ1n) is 5.43. The second-order valence-corrected chi connectivity index (χ2v) is 3.91. The second kappa shape index (κ2) is 4.82. The molecule has 0 spiro atoms. The molecule has 1 atom stereocenters. The van der Waals surface area contributed by atoms with Crippen LogP contribution in [0, 0.1) is 0 Å². The highest BCUT2D eigenvalue weighted by molar-refractivity contribution is 5.68. The molecule has 2 aromatic heterocycles. The van der Waals surface area contributed by atoms with E-state index in [9.17, 15) is 4.79 Å². The van der Waals surface area contributed by atoms with Gasteiger partial charge in [-0.25, -0.2) is 9.50 Å². The van der Waals surface area contributed by atoms with Crippen molar-refractivity contribution in [1.29, 1.82) is 0 Å². The van der Waals surface area contributed by atoms with Crippen LogP contribution in [-0.2, 0) is 4.79 Å². The fourth-order valence-electron chi connectivity index (χ4n) is 1.61. The summed E-state index contributed by atoms with van der Waals surface area (Å²) in [5, 5.41) is 15.9. The van der Waals surface area contributed by atoms with Crippen LogP contribution in [0.4, 0.5) is 5.82 Å². The molecule has 0 saturated heterocycles. The molecule has 0 fully saturated rings. The van der Waals surface area contributed by atoms with Gasteiger partial charge in [-0.2, -0.15) is 5.10 Å². The van der Waals surface area contributed by atoms with Gasteiger partial charge in [-0.3, -0.25) is 4.79 Å². The van der Waals surface area contributed by atoms with Gasteiger partial charge in [0.15, 0.2) is 5.82 Å². The van der Waals surface area contributed by atoms with Crippen LogP contribution >= 0.6 is 0 Å². The van der Waals surface area contributed by atoms with Crippen LogP contribution in [0.3, 0.4) is 0 Å². The minimum atomic E-state index is -0.783. The molecular formula is C11H14N4O2. The van der Waals surface area contributed by atoms with Gasteiger partial charge >= 0.3 is 5.97 Å². The number of carboxylic acids is 1. The maximum absolute atomic E-state index is 10.5. The zero-order chi connectivity index (χ0) is 12.3. The van der Waals surface area contributed by atoms with Gasteiger partial charge in [0, 0.05) is 24.9 Å². The lowest BCUT2D eigenvalue weighted by atomic mass is 10.2. The fourth-order valence-corrected chi connectivity index (χ4v) is 1.61. The third-order valence-electron chi connectivity index (χ3n) is 2.50. The molecule has 0 saturated carbocycles. The summed E-state index contributed by atoms with van der Waals surface area (Å²) in [4.78, 5) is 14.7. The number of hydrogen-bond donors (Lipinski definition) is 2. The molecule has 0 bridgehead atoms. The number of aromatic nitrogens is 3. The number of nitrogens with one attached hydrogen (secondary N) is 1. The van der Waals surface area contributed by atoms with E-state index >= 15 is 0 Å². The van der Waals surface area contributed by atoms with Gasteiger partial charge in [-0.1, -0.05) is 0 Å². The summed E-state index contributed by atoms with van der Waals surface area (Å²) in [6, 6.07) is 1.92. The molecule has 17 heavy (non-hydrogen) atoms. The van der Waals surface area contributed by atoms with Crippen molar-refractivity contribution >= 4 is 17.3 Å². The predicted octanol–water partition coefficient (Wildman–Crippen LogP) is 1.39. The largest absolute Gasteiger partial charge is 0.481 e. The molecule has 2 N–H and O–H groups in total. The van der Waals surface area contributed by atoms with E-state index in [1.165, 1.54) is 0 Å². The molecule has 6 heteroatoms. The molecule has 0 radical (unpaired) electrons. The van der Waals surface area contributed by atoms with Crippen molar-refractivity contribution in [2.75, 3.05) is 5.32 Å². The zero-order valence-corrected chi connectivity index (χ0v) is 9.50. The molecule has 0 aromatic carbocycles. The van der Waals surface area contributed by atoms with Gasteiger partial charge in [-0.05, 0) is 19.4 Å². The minimum Gasteiger partial charge on any atom is -0.481 e. The van der Waals surface area contributed by atoms with E-state index in [0.717, 1.165) is 11.3 Å². The Morgan fingerprint density at radius 2 is 2.41 bits per heavy atom. The van der Waals surface area contributed by atoms with Crippen molar-refractivity contribution in [3.05, 3.63) is 24.7 Å². The zero-order valence-electron chi connectivity index (χ0n) is 9.50. The van der Waals surface area contributed by atoms with Crippen LogP contribution in [0.2, 0.25) is 0 Å². The van der Waals surface area contributed by atoms with Gasteiger partial charge < -0.3 is 10.4 Å². The van der Waals surface area contributed by atoms with E-state index in [1.807, 2.05) is 13.0 Å². The summed E-state index contributed by atoms with van der Waals surface area (Å²) in [5.74, 6) is -0.0583. The van der Waals surface area contributed by atoms with Crippen molar-refractivity contribution in [3.63, 3.8) is 0 Å². The summed E-state index contributed by atoms with van der Waals surface area (Å²) < 4.78 is 1.72. The third kappa shape index (κ3) is 2.72. The highest BCUT2D eigenvalue weighted by atomic mass is 16.4. The van der Waals surface area contributed by atoms with Gasteiger partial charge in [0.2, 0.25) is 0 Å². The highest BCUT2D eigenvalue weighted by Crippen LogP contribution is 2.14. The quantitative estimate of drug-likeness (QED) is 0.817. The molecule has 90 valence electrons. The molecule has 2 heterocycles. The minimum absolute atomic E-state index is 0.0553. The molecule has 2 rings (SSSR count). The van der Waals surface area contributed by atoms with Crippen LogP contribution in [0.15, 0.2) is 24.7 Å². The normalized spacial score (nSPS) is 12.5. The molecule has 0 aliphatic rings. The van der Waals surface area contributed by atoms with Gasteiger partial charge in [-0.15, -0.1) is 0 Å². The summed E-state index contributed by atoms with van der Waals surface area (Å²) in [5.41, 5.74) is 0.884. The first kappa shape index (κ1) is 11.4. The van der Waals surface area contributed by atoms with Crippen molar-refractivity contribution in [1.82, 2.24) is 14.6 Å². The lowest BCUT2D eigenvalue weighted by molar-refractivity contribution is -0.137. The van der Waals surface area contributed by atoms with Crippen molar-refractivity contribution < 1.29 is 9.90 Å². The number of nitrogens with zero attached hydrogens (tertiary/aromatic N) is 3.